The Morgan fingerprint density at radius 1 is 1.14 bits per heavy atom. The molecular weight excluding hydrogens is 266 g/mol. The van der Waals surface area contributed by atoms with Crippen LogP contribution in [0.25, 0.3) is 0 Å². The van der Waals surface area contributed by atoms with Crippen LogP contribution in [0.3, 0.4) is 0 Å². The zero-order valence-corrected chi connectivity index (χ0v) is 12.3. The molecule has 1 unspecified atom stereocenters. The first-order chi connectivity index (χ1) is 10.1. The molecule has 0 heterocycles. The maximum Gasteiger partial charge on any atom is 0.162 e. The molecule has 0 amide bonds. The van der Waals surface area contributed by atoms with E-state index < -0.39 is 0 Å². The lowest BCUT2D eigenvalue weighted by Gasteiger charge is -2.14. The standard InChI is InChI=1S/C17H21NO3/c1-3-12(2)21-15-8-5-7-14(10-15)18-11-13-6-4-9-16(19)17(13)20/h4-10,12,18-20H,3,11H2,1-2H3. The Labute approximate surface area is 125 Å². The highest BCUT2D eigenvalue weighted by Gasteiger charge is 2.06. The van der Waals surface area contributed by atoms with Gasteiger partial charge in [-0.1, -0.05) is 25.1 Å². The fraction of sp³-hybridized carbons (Fsp3) is 0.294. The SMILES string of the molecule is CCC(C)Oc1cccc(NCc2cccc(O)c2O)c1. The largest absolute Gasteiger partial charge is 0.504 e. The predicted molar refractivity (Wildman–Crippen MR) is 83.9 cm³/mol. The van der Waals surface area contributed by atoms with Crippen LogP contribution in [0.5, 0.6) is 17.2 Å². The smallest absolute Gasteiger partial charge is 0.162 e. The first-order valence-corrected chi connectivity index (χ1v) is 7.10. The van der Waals surface area contributed by atoms with E-state index in [1.165, 1.54) is 6.07 Å². The quantitative estimate of drug-likeness (QED) is 0.705. The number of anilines is 1. The average molecular weight is 287 g/mol. The van der Waals surface area contributed by atoms with Gasteiger partial charge in [0.25, 0.3) is 0 Å². The van der Waals surface area contributed by atoms with E-state index in [1.807, 2.05) is 31.2 Å². The number of ether oxygens (including phenoxy) is 1. The van der Waals surface area contributed by atoms with Crippen molar-refractivity contribution in [3.8, 4) is 17.2 Å². The van der Waals surface area contributed by atoms with Gasteiger partial charge in [-0.2, -0.15) is 0 Å². The van der Waals surface area contributed by atoms with Gasteiger partial charge in [-0.3, -0.25) is 0 Å². The van der Waals surface area contributed by atoms with Gasteiger partial charge >= 0.3 is 0 Å². The van der Waals surface area contributed by atoms with Crippen LogP contribution in [0.15, 0.2) is 42.5 Å². The Kier molecular flexibility index (Phi) is 4.93. The lowest BCUT2D eigenvalue weighted by molar-refractivity contribution is 0.217. The minimum absolute atomic E-state index is 0.0861. The molecule has 0 aromatic heterocycles. The summed E-state index contributed by atoms with van der Waals surface area (Å²) in [7, 11) is 0. The topological polar surface area (TPSA) is 61.7 Å². The number of para-hydroxylation sites is 1. The molecule has 2 rings (SSSR count). The van der Waals surface area contributed by atoms with Gasteiger partial charge in [-0.05, 0) is 31.5 Å². The molecule has 2 aromatic carbocycles. The van der Waals surface area contributed by atoms with Crippen LogP contribution in [0.4, 0.5) is 5.69 Å². The van der Waals surface area contributed by atoms with Crippen LogP contribution in [-0.4, -0.2) is 16.3 Å². The van der Waals surface area contributed by atoms with Crippen LogP contribution >= 0.6 is 0 Å². The molecule has 4 nitrogen and oxygen atoms in total. The molecule has 0 spiro atoms. The van der Waals surface area contributed by atoms with E-state index in [0.717, 1.165) is 17.9 Å². The molecule has 0 radical (unpaired) electrons. The zero-order chi connectivity index (χ0) is 15.2. The van der Waals surface area contributed by atoms with Gasteiger partial charge in [0, 0.05) is 23.9 Å². The number of aromatic hydroxyl groups is 2. The van der Waals surface area contributed by atoms with Crippen molar-refractivity contribution in [2.24, 2.45) is 0 Å². The Balaban J connectivity index is 2.03. The molecule has 0 saturated carbocycles. The Morgan fingerprint density at radius 2 is 1.90 bits per heavy atom. The number of hydrogen-bond donors (Lipinski definition) is 3. The molecule has 21 heavy (non-hydrogen) atoms. The summed E-state index contributed by atoms with van der Waals surface area (Å²) in [6.45, 7) is 4.54. The summed E-state index contributed by atoms with van der Waals surface area (Å²) in [5, 5.41) is 22.4. The number of hydrogen-bond acceptors (Lipinski definition) is 4. The molecule has 0 aliphatic carbocycles. The third-order valence-electron chi connectivity index (χ3n) is 3.33. The predicted octanol–water partition coefficient (Wildman–Crippen LogP) is 3.89. The van der Waals surface area contributed by atoms with Crippen LogP contribution in [-0.2, 0) is 6.54 Å². The molecule has 0 saturated heterocycles. The van der Waals surface area contributed by atoms with Gasteiger partial charge in [0.05, 0.1) is 6.10 Å². The molecule has 2 aromatic rings. The number of phenols is 2. The van der Waals surface area contributed by atoms with Gasteiger partial charge in [0.2, 0.25) is 0 Å². The van der Waals surface area contributed by atoms with E-state index in [0.29, 0.717) is 12.1 Å². The van der Waals surface area contributed by atoms with Crippen LogP contribution < -0.4 is 10.1 Å². The summed E-state index contributed by atoms with van der Waals surface area (Å²) in [6, 6.07) is 12.6. The maximum atomic E-state index is 9.77. The highest BCUT2D eigenvalue weighted by molar-refractivity contribution is 5.51. The summed E-state index contributed by atoms with van der Waals surface area (Å²) in [5.74, 6) is 0.620. The maximum absolute atomic E-state index is 9.77. The first-order valence-electron chi connectivity index (χ1n) is 7.10. The number of nitrogens with one attached hydrogen (secondary N) is 1. The van der Waals surface area contributed by atoms with E-state index in [-0.39, 0.29) is 17.6 Å². The fourth-order valence-corrected chi connectivity index (χ4v) is 1.91. The van der Waals surface area contributed by atoms with Crippen molar-refractivity contribution >= 4 is 5.69 Å². The van der Waals surface area contributed by atoms with Crippen LogP contribution in [0.1, 0.15) is 25.8 Å². The van der Waals surface area contributed by atoms with Crippen molar-refractivity contribution in [2.45, 2.75) is 32.9 Å². The minimum atomic E-state index is -0.108. The summed E-state index contributed by atoms with van der Waals surface area (Å²) < 4.78 is 5.77. The third-order valence-corrected chi connectivity index (χ3v) is 3.33. The summed E-state index contributed by atoms with van der Waals surface area (Å²) in [4.78, 5) is 0. The minimum Gasteiger partial charge on any atom is -0.504 e. The van der Waals surface area contributed by atoms with Gasteiger partial charge in [0.1, 0.15) is 5.75 Å². The van der Waals surface area contributed by atoms with E-state index in [4.69, 9.17) is 4.74 Å². The van der Waals surface area contributed by atoms with E-state index in [9.17, 15) is 10.2 Å². The van der Waals surface area contributed by atoms with Crippen LogP contribution in [0.2, 0.25) is 0 Å². The molecule has 3 N–H and O–H groups in total. The van der Waals surface area contributed by atoms with Gasteiger partial charge in [-0.25, -0.2) is 0 Å². The van der Waals surface area contributed by atoms with Crippen molar-refractivity contribution in [3.05, 3.63) is 48.0 Å². The lowest BCUT2D eigenvalue weighted by atomic mass is 10.2. The molecule has 112 valence electrons. The molecule has 0 fully saturated rings. The molecule has 0 aliphatic heterocycles. The zero-order valence-electron chi connectivity index (χ0n) is 12.3. The molecule has 0 bridgehead atoms. The second-order valence-corrected chi connectivity index (χ2v) is 5.00. The summed E-state index contributed by atoms with van der Waals surface area (Å²) >= 11 is 0. The Hall–Kier alpha value is -2.36. The Morgan fingerprint density at radius 3 is 2.67 bits per heavy atom. The van der Waals surface area contributed by atoms with Gasteiger partial charge < -0.3 is 20.3 Å². The second kappa shape index (κ2) is 6.88. The molecule has 4 heteroatoms. The normalized spacial score (nSPS) is 11.9. The van der Waals surface area contributed by atoms with Crippen molar-refractivity contribution in [1.29, 1.82) is 0 Å². The lowest BCUT2D eigenvalue weighted by Crippen LogP contribution is -2.09. The number of benzene rings is 2. The Bertz CT molecular complexity index is 598. The van der Waals surface area contributed by atoms with Crippen molar-refractivity contribution < 1.29 is 14.9 Å². The molecule has 0 aliphatic rings. The molecule has 1 atom stereocenters. The van der Waals surface area contributed by atoms with Gasteiger partial charge in [-0.15, -0.1) is 0 Å². The summed E-state index contributed by atoms with van der Waals surface area (Å²) in [5.41, 5.74) is 1.54. The number of phenolic OH excluding ortho intramolecular Hbond substituents is 2. The third kappa shape index (κ3) is 4.05. The van der Waals surface area contributed by atoms with Gasteiger partial charge in [0.15, 0.2) is 11.5 Å². The van der Waals surface area contributed by atoms with Crippen LogP contribution in [0, 0.1) is 0 Å². The highest BCUT2D eigenvalue weighted by atomic mass is 16.5. The fourth-order valence-electron chi connectivity index (χ4n) is 1.91. The van der Waals surface area contributed by atoms with Crippen molar-refractivity contribution in [2.75, 3.05) is 5.32 Å². The van der Waals surface area contributed by atoms with E-state index in [1.54, 1.807) is 12.1 Å². The second-order valence-electron chi connectivity index (χ2n) is 5.00. The van der Waals surface area contributed by atoms with Crippen molar-refractivity contribution in [3.63, 3.8) is 0 Å². The highest BCUT2D eigenvalue weighted by Crippen LogP contribution is 2.29. The van der Waals surface area contributed by atoms with E-state index in [2.05, 4.69) is 12.2 Å². The average Bonchev–Trinajstić information content (AvgIpc) is 2.49. The molecular formula is C17H21NO3. The monoisotopic (exact) mass is 287 g/mol. The van der Waals surface area contributed by atoms with Crippen molar-refractivity contribution in [1.82, 2.24) is 0 Å². The number of rotatable bonds is 6. The summed E-state index contributed by atoms with van der Waals surface area (Å²) in [6.07, 6.45) is 1.13. The van der Waals surface area contributed by atoms with E-state index >= 15 is 0 Å². The first kappa shape index (κ1) is 15.0.